The van der Waals surface area contributed by atoms with Gasteiger partial charge in [0, 0.05) is 37.3 Å². The second kappa shape index (κ2) is 5.52. The first-order valence-corrected chi connectivity index (χ1v) is 7.19. The molecule has 1 heterocycles. The Morgan fingerprint density at radius 3 is 2.30 bits per heavy atom. The van der Waals surface area contributed by atoms with Gasteiger partial charge in [-0.1, -0.05) is 32.4 Å². The van der Waals surface area contributed by atoms with Crippen molar-refractivity contribution in [1.82, 2.24) is 4.90 Å². The molecule has 1 amide bonds. The lowest BCUT2D eigenvalue weighted by atomic mass is 9.94. The Labute approximate surface area is 124 Å². The highest BCUT2D eigenvalue weighted by atomic mass is 35.5. The number of benzene rings is 1. The van der Waals surface area contributed by atoms with Gasteiger partial charge >= 0.3 is 0 Å². The quantitative estimate of drug-likeness (QED) is 0.866. The van der Waals surface area contributed by atoms with Crippen molar-refractivity contribution in [3.05, 3.63) is 23.2 Å². The van der Waals surface area contributed by atoms with Gasteiger partial charge < -0.3 is 14.9 Å². The van der Waals surface area contributed by atoms with E-state index in [0.717, 1.165) is 18.8 Å². The zero-order valence-corrected chi connectivity index (χ0v) is 12.9. The first-order chi connectivity index (χ1) is 9.29. The monoisotopic (exact) mass is 296 g/mol. The molecular formula is C15H21ClN2O2. The molecule has 0 unspecified atom stereocenters. The van der Waals surface area contributed by atoms with E-state index >= 15 is 0 Å². The highest BCUT2D eigenvalue weighted by molar-refractivity contribution is 6.32. The topological polar surface area (TPSA) is 43.8 Å². The molecule has 0 atom stereocenters. The zero-order valence-electron chi connectivity index (χ0n) is 12.2. The number of rotatable bonds is 1. The van der Waals surface area contributed by atoms with Crippen LogP contribution in [-0.2, 0) is 4.79 Å². The van der Waals surface area contributed by atoms with E-state index in [1.807, 2.05) is 31.7 Å². The summed E-state index contributed by atoms with van der Waals surface area (Å²) in [6, 6.07) is 5.21. The number of nitrogens with zero attached hydrogens (tertiary/aromatic N) is 2. The number of hydrogen-bond acceptors (Lipinski definition) is 3. The fraction of sp³-hybridized carbons (Fsp3) is 0.533. The lowest BCUT2D eigenvalue weighted by Gasteiger charge is -2.38. The summed E-state index contributed by atoms with van der Waals surface area (Å²) in [7, 11) is 0. The number of phenolic OH excluding ortho intramolecular Hbond substituents is 1. The number of phenols is 1. The normalized spacial score (nSPS) is 16.4. The molecule has 110 valence electrons. The third kappa shape index (κ3) is 3.18. The molecule has 0 saturated carbocycles. The van der Waals surface area contributed by atoms with Crippen LogP contribution in [0.5, 0.6) is 5.75 Å². The maximum Gasteiger partial charge on any atom is 0.228 e. The molecule has 0 radical (unpaired) electrons. The van der Waals surface area contributed by atoms with E-state index in [0.29, 0.717) is 18.1 Å². The summed E-state index contributed by atoms with van der Waals surface area (Å²) >= 11 is 5.93. The Morgan fingerprint density at radius 1 is 1.20 bits per heavy atom. The minimum absolute atomic E-state index is 0.0944. The maximum atomic E-state index is 12.2. The van der Waals surface area contributed by atoms with Crippen LogP contribution < -0.4 is 4.90 Å². The first-order valence-electron chi connectivity index (χ1n) is 6.82. The van der Waals surface area contributed by atoms with Gasteiger partial charge in [0.1, 0.15) is 5.75 Å². The molecule has 1 saturated heterocycles. The molecule has 0 aliphatic carbocycles. The van der Waals surface area contributed by atoms with Crippen molar-refractivity contribution in [2.75, 3.05) is 31.1 Å². The largest absolute Gasteiger partial charge is 0.506 e. The van der Waals surface area contributed by atoms with Gasteiger partial charge in [0.15, 0.2) is 0 Å². The van der Waals surface area contributed by atoms with Gasteiger partial charge in [-0.2, -0.15) is 0 Å². The molecule has 1 aliphatic rings. The number of carbonyl (C=O) groups excluding carboxylic acids is 1. The van der Waals surface area contributed by atoms with Crippen molar-refractivity contribution in [1.29, 1.82) is 0 Å². The van der Waals surface area contributed by atoms with Crippen LogP contribution in [0.3, 0.4) is 0 Å². The lowest BCUT2D eigenvalue weighted by molar-refractivity contribution is -0.139. The van der Waals surface area contributed by atoms with Crippen molar-refractivity contribution in [3.8, 4) is 5.75 Å². The van der Waals surface area contributed by atoms with Crippen LogP contribution in [0.4, 0.5) is 5.69 Å². The van der Waals surface area contributed by atoms with E-state index < -0.39 is 0 Å². The van der Waals surface area contributed by atoms with E-state index in [4.69, 9.17) is 11.6 Å². The number of amides is 1. The molecule has 1 N–H and O–H groups in total. The fourth-order valence-electron chi connectivity index (χ4n) is 2.33. The van der Waals surface area contributed by atoms with Crippen LogP contribution in [0.2, 0.25) is 5.02 Å². The van der Waals surface area contributed by atoms with Gasteiger partial charge in [0.2, 0.25) is 5.91 Å². The molecule has 1 aromatic rings. The van der Waals surface area contributed by atoms with Crippen LogP contribution in [0.1, 0.15) is 20.8 Å². The van der Waals surface area contributed by atoms with Crippen LogP contribution >= 0.6 is 11.6 Å². The summed E-state index contributed by atoms with van der Waals surface area (Å²) in [6.45, 7) is 8.83. The van der Waals surface area contributed by atoms with Crippen molar-refractivity contribution in [3.63, 3.8) is 0 Å². The third-order valence-corrected chi connectivity index (χ3v) is 3.81. The highest BCUT2D eigenvalue weighted by Gasteiger charge is 2.29. The Bertz CT molecular complexity index is 503. The first kappa shape index (κ1) is 15.0. The van der Waals surface area contributed by atoms with E-state index in [1.54, 1.807) is 12.1 Å². The fourth-order valence-corrected chi connectivity index (χ4v) is 2.51. The van der Waals surface area contributed by atoms with E-state index in [-0.39, 0.29) is 17.1 Å². The average molecular weight is 297 g/mol. The van der Waals surface area contributed by atoms with E-state index in [9.17, 15) is 9.90 Å². The molecule has 0 spiro atoms. The van der Waals surface area contributed by atoms with Gasteiger partial charge in [-0.25, -0.2) is 0 Å². The lowest BCUT2D eigenvalue weighted by Crippen LogP contribution is -2.51. The standard InChI is InChI=1S/C15H21ClN2O2/c1-15(2,3)14(20)18-8-6-17(7-9-18)11-4-5-13(19)12(16)10-11/h4-5,10,19H,6-9H2,1-3H3. The Morgan fingerprint density at radius 2 is 1.80 bits per heavy atom. The van der Waals surface area contributed by atoms with E-state index in [2.05, 4.69) is 4.90 Å². The second-order valence-corrected chi connectivity index (χ2v) is 6.57. The van der Waals surface area contributed by atoms with Gasteiger partial charge in [-0.3, -0.25) is 4.79 Å². The maximum absolute atomic E-state index is 12.2. The smallest absolute Gasteiger partial charge is 0.228 e. The van der Waals surface area contributed by atoms with Gasteiger partial charge in [0.05, 0.1) is 5.02 Å². The Kier molecular flexibility index (Phi) is 4.14. The molecule has 5 heteroatoms. The summed E-state index contributed by atoms with van der Waals surface area (Å²) < 4.78 is 0. The summed E-state index contributed by atoms with van der Waals surface area (Å²) in [5, 5.41) is 9.80. The third-order valence-electron chi connectivity index (χ3n) is 3.50. The molecule has 20 heavy (non-hydrogen) atoms. The summed E-state index contributed by atoms with van der Waals surface area (Å²) in [5.74, 6) is 0.290. The number of hydrogen-bond donors (Lipinski definition) is 1. The van der Waals surface area contributed by atoms with Crippen molar-refractivity contribution >= 4 is 23.2 Å². The number of piperazine rings is 1. The Hall–Kier alpha value is -1.42. The minimum atomic E-state index is -0.329. The summed E-state index contributed by atoms with van der Waals surface area (Å²) in [4.78, 5) is 16.3. The molecule has 4 nitrogen and oxygen atoms in total. The molecule has 0 bridgehead atoms. The molecule has 1 aromatic carbocycles. The molecule has 1 aliphatic heterocycles. The van der Waals surface area contributed by atoms with Crippen molar-refractivity contribution < 1.29 is 9.90 Å². The second-order valence-electron chi connectivity index (χ2n) is 6.16. The van der Waals surface area contributed by atoms with Gasteiger partial charge in [-0.15, -0.1) is 0 Å². The minimum Gasteiger partial charge on any atom is -0.506 e. The average Bonchev–Trinajstić information content (AvgIpc) is 2.40. The van der Waals surface area contributed by atoms with Crippen molar-refractivity contribution in [2.45, 2.75) is 20.8 Å². The predicted octanol–water partition coefficient (Wildman–Crippen LogP) is 2.74. The van der Waals surface area contributed by atoms with Crippen LogP contribution in [0, 0.1) is 5.41 Å². The Balaban J connectivity index is 2.01. The number of carbonyl (C=O) groups is 1. The number of anilines is 1. The zero-order chi connectivity index (χ0) is 14.9. The summed E-state index contributed by atoms with van der Waals surface area (Å²) in [6.07, 6.45) is 0. The van der Waals surface area contributed by atoms with Crippen molar-refractivity contribution in [2.24, 2.45) is 5.41 Å². The summed E-state index contributed by atoms with van der Waals surface area (Å²) in [5.41, 5.74) is 0.653. The molecule has 2 rings (SSSR count). The van der Waals surface area contributed by atoms with Gasteiger partial charge in [-0.05, 0) is 18.2 Å². The molecule has 1 fully saturated rings. The van der Waals surface area contributed by atoms with Crippen LogP contribution in [0.15, 0.2) is 18.2 Å². The highest BCUT2D eigenvalue weighted by Crippen LogP contribution is 2.29. The van der Waals surface area contributed by atoms with Crippen LogP contribution in [0.25, 0.3) is 0 Å². The number of aromatic hydroxyl groups is 1. The number of halogens is 1. The SMILES string of the molecule is CC(C)(C)C(=O)N1CCN(c2ccc(O)c(Cl)c2)CC1. The predicted molar refractivity (Wildman–Crippen MR) is 81.4 cm³/mol. The molecular weight excluding hydrogens is 276 g/mol. The van der Waals surface area contributed by atoms with Gasteiger partial charge in [0.25, 0.3) is 0 Å². The van der Waals surface area contributed by atoms with E-state index in [1.165, 1.54) is 0 Å². The van der Waals surface area contributed by atoms with Crippen LogP contribution in [-0.4, -0.2) is 42.1 Å². The molecule has 0 aromatic heterocycles.